The highest BCUT2D eigenvalue weighted by Gasteiger charge is 2.18. The number of amides is 1. The molecule has 0 saturated carbocycles. The smallest absolute Gasteiger partial charge is 0.277 e. The number of anilines is 1. The van der Waals surface area contributed by atoms with E-state index in [0.717, 1.165) is 70.4 Å². The van der Waals surface area contributed by atoms with Gasteiger partial charge in [-0.1, -0.05) is 24.2 Å². The fraction of sp³-hybridized carbons (Fsp3) is 0.545. The van der Waals surface area contributed by atoms with Gasteiger partial charge in [0.15, 0.2) is 11.5 Å². The highest BCUT2D eigenvalue weighted by molar-refractivity contribution is 6.02. The molecule has 2 saturated heterocycles. The average Bonchev–Trinajstić information content (AvgIpc) is 3.43. The summed E-state index contributed by atoms with van der Waals surface area (Å²) < 4.78 is 5.34. The molecule has 29 heavy (non-hydrogen) atoms. The molecule has 156 valence electrons. The number of carbonyl (C=O) groups is 1. The first-order valence-corrected chi connectivity index (χ1v) is 10.7. The van der Waals surface area contributed by atoms with Gasteiger partial charge in [0.05, 0.1) is 6.54 Å². The zero-order chi connectivity index (χ0) is 20.1. The third kappa shape index (κ3) is 5.44. The van der Waals surface area contributed by atoms with Gasteiger partial charge in [-0.3, -0.25) is 14.6 Å². The monoisotopic (exact) mass is 397 g/mol. The van der Waals surface area contributed by atoms with Gasteiger partial charge in [-0.25, -0.2) is 0 Å². The lowest BCUT2D eigenvalue weighted by Gasteiger charge is -2.34. The maximum atomic E-state index is 12.5. The molecule has 0 unspecified atom stereocenters. The summed E-state index contributed by atoms with van der Waals surface area (Å²) in [6.07, 6.45) is 2.46. The largest absolute Gasteiger partial charge is 0.359 e. The summed E-state index contributed by atoms with van der Waals surface area (Å²) in [5.41, 5.74) is 2.37. The molecule has 7 nitrogen and oxygen atoms in total. The third-order valence-electron chi connectivity index (χ3n) is 5.90. The summed E-state index contributed by atoms with van der Waals surface area (Å²) in [5, 5.41) is 6.85. The molecule has 2 fully saturated rings. The van der Waals surface area contributed by atoms with E-state index in [1.165, 1.54) is 18.4 Å². The van der Waals surface area contributed by atoms with E-state index in [1.54, 1.807) is 6.07 Å². The van der Waals surface area contributed by atoms with Crippen molar-refractivity contribution in [2.24, 2.45) is 0 Å². The van der Waals surface area contributed by atoms with Crippen molar-refractivity contribution in [2.75, 3.05) is 51.1 Å². The fourth-order valence-corrected chi connectivity index (χ4v) is 4.07. The van der Waals surface area contributed by atoms with E-state index in [4.69, 9.17) is 4.52 Å². The minimum absolute atomic E-state index is 0.232. The number of rotatable bonds is 7. The van der Waals surface area contributed by atoms with Crippen molar-refractivity contribution in [2.45, 2.75) is 32.9 Å². The van der Waals surface area contributed by atoms with Crippen LogP contribution in [0.4, 0.5) is 5.69 Å². The SMILES string of the molecule is CCN1CCN(Cc2ccc(NC(=O)c3cc(CN4CCCC4)on3)cc2)CC1. The molecule has 2 aromatic rings. The Morgan fingerprint density at radius 3 is 2.31 bits per heavy atom. The van der Waals surface area contributed by atoms with E-state index in [1.807, 2.05) is 12.1 Å². The highest BCUT2D eigenvalue weighted by atomic mass is 16.5. The van der Waals surface area contributed by atoms with Gasteiger partial charge in [-0.15, -0.1) is 0 Å². The number of likely N-dealkylation sites (tertiary alicyclic amines) is 1. The summed E-state index contributed by atoms with van der Waals surface area (Å²) in [7, 11) is 0. The third-order valence-corrected chi connectivity index (χ3v) is 5.90. The van der Waals surface area contributed by atoms with E-state index in [9.17, 15) is 4.79 Å². The highest BCUT2D eigenvalue weighted by Crippen LogP contribution is 2.16. The van der Waals surface area contributed by atoms with Crippen LogP contribution in [0.1, 0.15) is 41.6 Å². The number of nitrogens with zero attached hydrogens (tertiary/aromatic N) is 4. The second-order valence-electron chi connectivity index (χ2n) is 8.02. The number of likely N-dealkylation sites (N-methyl/N-ethyl adjacent to an activating group) is 1. The molecule has 3 heterocycles. The van der Waals surface area contributed by atoms with Gasteiger partial charge in [0.2, 0.25) is 0 Å². The van der Waals surface area contributed by atoms with E-state index < -0.39 is 0 Å². The van der Waals surface area contributed by atoms with Crippen molar-refractivity contribution in [3.05, 3.63) is 47.3 Å². The van der Waals surface area contributed by atoms with Crippen LogP contribution in [0.2, 0.25) is 0 Å². The predicted molar refractivity (Wildman–Crippen MR) is 113 cm³/mol. The van der Waals surface area contributed by atoms with Gasteiger partial charge in [0.1, 0.15) is 0 Å². The van der Waals surface area contributed by atoms with Crippen molar-refractivity contribution in [1.29, 1.82) is 0 Å². The molecule has 2 aliphatic rings. The average molecular weight is 398 g/mol. The summed E-state index contributed by atoms with van der Waals surface area (Å²) in [6.45, 7) is 11.7. The molecule has 0 bridgehead atoms. The Hall–Kier alpha value is -2.22. The van der Waals surface area contributed by atoms with Crippen LogP contribution in [-0.2, 0) is 13.1 Å². The first-order valence-electron chi connectivity index (χ1n) is 10.7. The molecule has 0 atom stereocenters. The molecule has 2 aliphatic heterocycles. The Balaban J connectivity index is 1.27. The fourth-order valence-electron chi connectivity index (χ4n) is 4.07. The summed E-state index contributed by atoms with van der Waals surface area (Å²) in [5.74, 6) is 0.514. The standard InChI is InChI=1S/C22H31N5O2/c1-2-25-11-13-27(14-12-25)16-18-5-7-19(8-6-18)23-22(28)21-15-20(29-24-21)17-26-9-3-4-10-26/h5-8,15H,2-4,9-14,16-17H2,1H3,(H,23,28). The van der Waals surface area contributed by atoms with Gasteiger partial charge >= 0.3 is 0 Å². The number of piperazine rings is 1. The number of carbonyl (C=O) groups excluding carboxylic acids is 1. The normalized spacial score (nSPS) is 18.9. The first-order chi connectivity index (χ1) is 14.2. The van der Waals surface area contributed by atoms with Crippen LogP contribution < -0.4 is 5.32 Å². The number of hydrogen-bond acceptors (Lipinski definition) is 6. The van der Waals surface area contributed by atoms with Crippen LogP contribution in [0.3, 0.4) is 0 Å². The van der Waals surface area contributed by atoms with E-state index in [-0.39, 0.29) is 5.91 Å². The maximum absolute atomic E-state index is 12.5. The molecular formula is C22H31N5O2. The molecule has 1 N–H and O–H groups in total. The lowest BCUT2D eigenvalue weighted by Crippen LogP contribution is -2.45. The molecule has 4 rings (SSSR count). The zero-order valence-corrected chi connectivity index (χ0v) is 17.3. The Labute approximate surface area is 172 Å². The van der Waals surface area contributed by atoms with E-state index >= 15 is 0 Å². The van der Waals surface area contributed by atoms with Crippen LogP contribution in [-0.4, -0.2) is 71.6 Å². The second kappa shape index (κ2) is 9.52. The van der Waals surface area contributed by atoms with Crippen LogP contribution in [0.15, 0.2) is 34.9 Å². The summed E-state index contributed by atoms with van der Waals surface area (Å²) in [6, 6.07) is 9.84. The van der Waals surface area contributed by atoms with Gasteiger partial charge in [0.25, 0.3) is 5.91 Å². The van der Waals surface area contributed by atoms with Gasteiger partial charge in [-0.05, 0) is 50.2 Å². The molecule has 1 aromatic carbocycles. The number of hydrogen-bond donors (Lipinski definition) is 1. The first kappa shape index (κ1) is 20.1. The molecule has 0 radical (unpaired) electrons. The van der Waals surface area contributed by atoms with Crippen LogP contribution in [0.25, 0.3) is 0 Å². The second-order valence-corrected chi connectivity index (χ2v) is 8.02. The minimum atomic E-state index is -0.232. The molecule has 0 aliphatic carbocycles. The van der Waals surface area contributed by atoms with Crippen molar-refractivity contribution < 1.29 is 9.32 Å². The Kier molecular flexibility index (Phi) is 6.59. The minimum Gasteiger partial charge on any atom is -0.359 e. The predicted octanol–water partition coefficient (Wildman–Crippen LogP) is 2.66. The molecule has 7 heteroatoms. The lowest BCUT2D eigenvalue weighted by atomic mass is 10.1. The molecule has 0 spiro atoms. The zero-order valence-electron chi connectivity index (χ0n) is 17.3. The summed E-state index contributed by atoms with van der Waals surface area (Å²) in [4.78, 5) is 19.8. The van der Waals surface area contributed by atoms with Crippen molar-refractivity contribution in [3.63, 3.8) is 0 Å². The number of aromatic nitrogens is 1. The quantitative estimate of drug-likeness (QED) is 0.775. The topological polar surface area (TPSA) is 64.8 Å². The summed E-state index contributed by atoms with van der Waals surface area (Å²) >= 11 is 0. The number of benzene rings is 1. The van der Waals surface area contributed by atoms with Crippen LogP contribution >= 0.6 is 0 Å². The lowest BCUT2D eigenvalue weighted by molar-refractivity contribution is 0.101. The van der Waals surface area contributed by atoms with E-state index in [2.05, 4.69) is 44.2 Å². The van der Waals surface area contributed by atoms with Crippen molar-refractivity contribution >= 4 is 11.6 Å². The van der Waals surface area contributed by atoms with Crippen LogP contribution in [0.5, 0.6) is 0 Å². The maximum Gasteiger partial charge on any atom is 0.277 e. The van der Waals surface area contributed by atoms with Gasteiger partial charge < -0.3 is 14.7 Å². The Morgan fingerprint density at radius 2 is 1.62 bits per heavy atom. The molecular weight excluding hydrogens is 366 g/mol. The van der Waals surface area contributed by atoms with Crippen LogP contribution in [0, 0.1) is 0 Å². The van der Waals surface area contributed by atoms with Gasteiger partial charge in [0, 0.05) is 44.5 Å². The Bertz CT molecular complexity index is 790. The Morgan fingerprint density at radius 1 is 0.966 bits per heavy atom. The van der Waals surface area contributed by atoms with Gasteiger partial charge in [-0.2, -0.15) is 0 Å². The van der Waals surface area contributed by atoms with Crippen molar-refractivity contribution in [3.8, 4) is 0 Å². The van der Waals surface area contributed by atoms with E-state index in [0.29, 0.717) is 5.69 Å². The molecule has 1 aromatic heterocycles. The van der Waals surface area contributed by atoms with Crippen molar-refractivity contribution in [1.82, 2.24) is 19.9 Å². The number of nitrogens with one attached hydrogen (secondary N) is 1. The molecule has 1 amide bonds.